The first-order chi connectivity index (χ1) is 7.03. The van der Waals surface area contributed by atoms with Crippen molar-refractivity contribution in [2.75, 3.05) is 0 Å². The predicted octanol–water partition coefficient (Wildman–Crippen LogP) is -2.06. The van der Waals surface area contributed by atoms with Crippen LogP contribution in [0.5, 0.6) is 0 Å². The van der Waals surface area contributed by atoms with Gasteiger partial charge in [-0.3, -0.25) is 12.2 Å². The summed E-state index contributed by atoms with van der Waals surface area (Å²) in [6.45, 7) is 9.28. The summed E-state index contributed by atoms with van der Waals surface area (Å²) in [5, 5.41) is 3.16. The smallest absolute Gasteiger partial charge is 1.00 e. The Labute approximate surface area is 143 Å². The zero-order valence-electron chi connectivity index (χ0n) is 11.3. The van der Waals surface area contributed by atoms with Crippen LogP contribution in [0.3, 0.4) is 0 Å². The molecule has 0 saturated heterocycles. The molecule has 18 heavy (non-hydrogen) atoms. The standard InChI is InChI=1S/C14H18Si.2ClH.Hf/c1-11-7-5-9-13(11)15(3,4)14-10-6-8-12(14)2;;;/h9-10H,5-6H2,1-4H3;2*1H;/q-2;;;+4/p-2. The van der Waals surface area contributed by atoms with Crippen molar-refractivity contribution < 1.29 is 50.7 Å². The molecule has 0 bridgehead atoms. The molecule has 0 amide bonds. The molecule has 0 N–H and O–H groups in total. The number of rotatable bonds is 2. The minimum Gasteiger partial charge on any atom is -1.00 e. The Hall–Kier alpha value is 0.627. The summed E-state index contributed by atoms with van der Waals surface area (Å²) >= 11 is 0. The minimum absolute atomic E-state index is 0. The Balaban J connectivity index is 0. The molecule has 0 spiro atoms. The van der Waals surface area contributed by atoms with Gasteiger partial charge in [0.15, 0.2) is 0 Å². The first kappa shape index (κ1) is 20.9. The van der Waals surface area contributed by atoms with Gasteiger partial charge in [0.25, 0.3) is 0 Å². The topological polar surface area (TPSA) is 0 Å². The van der Waals surface area contributed by atoms with Crippen LogP contribution in [0.25, 0.3) is 0 Å². The van der Waals surface area contributed by atoms with E-state index >= 15 is 0 Å². The number of hydrogen-bond donors (Lipinski definition) is 0. The van der Waals surface area contributed by atoms with E-state index in [4.69, 9.17) is 0 Å². The van der Waals surface area contributed by atoms with Crippen LogP contribution in [0.2, 0.25) is 13.1 Å². The van der Waals surface area contributed by atoms with E-state index in [2.05, 4.69) is 51.2 Å². The second-order valence-electron chi connectivity index (χ2n) is 4.87. The fourth-order valence-corrected chi connectivity index (χ4v) is 6.27. The molecule has 2 rings (SSSR count). The largest absolute Gasteiger partial charge is 4.00 e. The third kappa shape index (κ3) is 3.81. The molecule has 0 saturated carbocycles. The normalized spacial score (nSPS) is 17.6. The number of halogens is 2. The maximum absolute atomic E-state index is 3.42. The van der Waals surface area contributed by atoms with E-state index in [0.717, 1.165) is 12.8 Å². The van der Waals surface area contributed by atoms with Gasteiger partial charge in [-0.25, -0.2) is 21.5 Å². The fraction of sp³-hybridized carbons (Fsp3) is 0.429. The Morgan fingerprint density at radius 2 is 1.22 bits per heavy atom. The summed E-state index contributed by atoms with van der Waals surface area (Å²) < 4.78 is 0. The molecule has 0 radical (unpaired) electrons. The van der Waals surface area contributed by atoms with Gasteiger partial charge in [0.1, 0.15) is 0 Å². The van der Waals surface area contributed by atoms with Gasteiger partial charge in [0.2, 0.25) is 0 Å². The number of hydrogen-bond acceptors (Lipinski definition) is 0. The van der Waals surface area contributed by atoms with Gasteiger partial charge in [0, 0.05) is 0 Å². The van der Waals surface area contributed by atoms with Gasteiger partial charge in [0.05, 0.1) is 0 Å². The van der Waals surface area contributed by atoms with Crippen LogP contribution in [0.15, 0.2) is 33.7 Å². The summed E-state index contributed by atoms with van der Waals surface area (Å²) in [6.07, 6.45) is 13.6. The van der Waals surface area contributed by atoms with Crippen molar-refractivity contribution in [3.05, 3.63) is 45.8 Å². The molecule has 2 aliphatic carbocycles. The van der Waals surface area contributed by atoms with E-state index < -0.39 is 8.07 Å². The van der Waals surface area contributed by atoms with Crippen molar-refractivity contribution in [3.63, 3.8) is 0 Å². The molecule has 0 aromatic rings. The predicted molar refractivity (Wildman–Crippen MR) is 67.7 cm³/mol. The van der Waals surface area contributed by atoms with Gasteiger partial charge in [-0.2, -0.15) is 12.2 Å². The Kier molecular flexibility index (Phi) is 9.35. The van der Waals surface area contributed by atoms with E-state index in [9.17, 15) is 0 Å². The zero-order valence-corrected chi connectivity index (χ0v) is 17.4. The average Bonchev–Trinajstić information content (AvgIpc) is 2.73. The van der Waals surface area contributed by atoms with Gasteiger partial charge in [-0.15, -0.1) is 12.8 Å². The van der Waals surface area contributed by atoms with E-state index in [0.29, 0.717) is 0 Å². The van der Waals surface area contributed by atoms with E-state index in [-0.39, 0.29) is 50.7 Å². The Morgan fingerprint density at radius 3 is 1.44 bits per heavy atom. The molecular weight excluding hydrogens is 446 g/mol. The second-order valence-corrected chi connectivity index (χ2v) is 9.20. The molecule has 2 aliphatic rings. The molecule has 0 nitrogen and oxygen atoms in total. The SMILES string of the molecule is CC1=[C-]CC=C1[Si](C)(C)C1=CC[C-]=C1C.[Cl-].[Cl-].[Hf+4]. The molecule has 4 heteroatoms. The molecule has 0 aromatic heterocycles. The molecule has 0 heterocycles. The maximum atomic E-state index is 3.42. The van der Waals surface area contributed by atoms with Crippen molar-refractivity contribution in [2.24, 2.45) is 0 Å². The molecule has 0 aromatic carbocycles. The average molecular weight is 464 g/mol. The fourth-order valence-electron chi connectivity index (χ4n) is 2.70. The summed E-state index contributed by atoms with van der Waals surface area (Å²) in [6, 6.07) is 0. The molecule has 0 fully saturated rings. The van der Waals surface area contributed by atoms with Crippen LogP contribution >= 0.6 is 0 Å². The van der Waals surface area contributed by atoms with Crippen LogP contribution in [0.1, 0.15) is 26.7 Å². The van der Waals surface area contributed by atoms with Gasteiger partial charge < -0.3 is 24.8 Å². The summed E-state index contributed by atoms with van der Waals surface area (Å²) in [5.74, 6) is 0. The van der Waals surface area contributed by atoms with Gasteiger partial charge in [-0.05, 0) is 0 Å². The molecule has 0 unspecified atom stereocenters. The monoisotopic (exact) mass is 464 g/mol. The van der Waals surface area contributed by atoms with Crippen LogP contribution < -0.4 is 24.8 Å². The van der Waals surface area contributed by atoms with E-state index in [1.54, 1.807) is 10.4 Å². The maximum Gasteiger partial charge on any atom is 4.00 e. The third-order valence-corrected chi connectivity index (χ3v) is 7.35. The van der Waals surface area contributed by atoms with Crippen molar-refractivity contribution in [1.82, 2.24) is 0 Å². The summed E-state index contributed by atoms with van der Waals surface area (Å²) in [4.78, 5) is 0. The van der Waals surface area contributed by atoms with E-state index in [1.165, 1.54) is 11.1 Å². The molecule has 0 aliphatic heterocycles. The second kappa shape index (κ2) is 8.03. The van der Waals surface area contributed by atoms with Crippen molar-refractivity contribution in [1.29, 1.82) is 0 Å². The van der Waals surface area contributed by atoms with Crippen molar-refractivity contribution in [3.8, 4) is 0 Å². The Bertz CT molecular complexity index is 380. The van der Waals surface area contributed by atoms with Crippen molar-refractivity contribution in [2.45, 2.75) is 39.8 Å². The zero-order chi connectivity index (χ0) is 11.1. The van der Waals surface area contributed by atoms with Crippen molar-refractivity contribution >= 4 is 8.07 Å². The summed E-state index contributed by atoms with van der Waals surface area (Å²) in [7, 11) is -1.44. The third-order valence-electron chi connectivity index (χ3n) is 3.50. The van der Waals surface area contributed by atoms with Crippen LogP contribution in [-0.2, 0) is 25.8 Å². The van der Waals surface area contributed by atoms with E-state index in [1.807, 2.05) is 0 Å². The van der Waals surface area contributed by atoms with Crippen LogP contribution in [-0.4, -0.2) is 8.07 Å². The molecular formula is C14H18Cl2HfSi. The number of allylic oxidation sites excluding steroid dienone is 8. The summed E-state index contributed by atoms with van der Waals surface area (Å²) in [5.41, 5.74) is 2.76. The quantitative estimate of drug-likeness (QED) is 0.326. The first-order valence-corrected chi connectivity index (χ1v) is 8.60. The molecule has 0 atom stereocenters. The van der Waals surface area contributed by atoms with Gasteiger partial charge >= 0.3 is 25.8 Å². The Morgan fingerprint density at radius 1 is 0.889 bits per heavy atom. The van der Waals surface area contributed by atoms with Crippen LogP contribution in [0, 0.1) is 12.2 Å². The van der Waals surface area contributed by atoms with Crippen LogP contribution in [0.4, 0.5) is 0 Å². The van der Waals surface area contributed by atoms with Gasteiger partial charge in [-0.1, -0.05) is 35.0 Å². The molecule has 96 valence electrons. The first-order valence-electron chi connectivity index (χ1n) is 5.60. The minimum atomic E-state index is -1.44.